The van der Waals surface area contributed by atoms with Gasteiger partial charge < -0.3 is 11.1 Å². The van der Waals surface area contributed by atoms with Gasteiger partial charge in [-0.05, 0) is 44.7 Å². The van der Waals surface area contributed by atoms with Crippen molar-refractivity contribution >= 4 is 5.95 Å². The van der Waals surface area contributed by atoms with Crippen molar-refractivity contribution in [3.05, 3.63) is 17.0 Å². The molecule has 1 atom stereocenters. The molecule has 1 fully saturated rings. The Bertz CT molecular complexity index is 333. The van der Waals surface area contributed by atoms with Crippen molar-refractivity contribution in [2.24, 2.45) is 0 Å². The van der Waals surface area contributed by atoms with Crippen LogP contribution in [0.2, 0.25) is 0 Å². The molecule has 3 N–H and O–H groups in total. The molecule has 1 aromatic heterocycles. The summed E-state index contributed by atoms with van der Waals surface area (Å²) in [6.07, 6.45) is 2.45. The summed E-state index contributed by atoms with van der Waals surface area (Å²) < 4.78 is 0. The van der Waals surface area contributed by atoms with E-state index >= 15 is 0 Å². The molecule has 1 aliphatic rings. The van der Waals surface area contributed by atoms with E-state index in [0.29, 0.717) is 11.9 Å². The van der Waals surface area contributed by atoms with Crippen LogP contribution in [-0.2, 0) is 0 Å². The van der Waals surface area contributed by atoms with Gasteiger partial charge in [0, 0.05) is 17.9 Å². The van der Waals surface area contributed by atoms with E-state index in [0.717, 1.165) is 24.5 Å². The zero-order valence-corrected chi connectivity index (χ0v) is 9.38. The molecular formula is C11H18N4. The topological polar surface area (TPSA) is 63.8 Å². The van der Waals surface area contributed by atoms with E-state index in [4.69, 9.17) is 5.73 Å². The third-order valence-corrected chi connectivity index (χ3v) is 3.05. The molecule has 2 heterocycles. The summed E-state index contributed by atoms with van der Waals surface area (Å²) >= 11 is 0. The van der Waals surface area contributed by atoms with Crippen molar-refractivity contribution in [3.8, 4) is 0 Å². The number of nitrogens with one attached hydrogen (secondary N) is 1. The zero-order valence-electron chi connectivity index (χ0n) is 9.38. The molecule has 15 heavy (non-hydrogen) atoms. The first-order valence-corrected chi connectivity index (χ1v) is 5.50. The number of nitrogens with two attached hydrogens (primary N) is 1. The SMILES string of the molecule is Cc1nc(N)nc(C)c1C1CCCNC1. The average Bonchev–Trinajstić information content (AvgIpc) is 2.17. The van der Waals surface area contributed by atoms with Gasteiger partial charge in [0.2, 0.25) is 5.95 Å². The first-order valence-electron chi connectivity index (χ1n) is 5.50. The van der Waals surface area contributed by atoms with Crippen LogP contribution in [0.1, 0.15) is 35.7 Å². The maximum atomic E-state index is 5.62. The molecule has 4 nitrogen and oxygen atoms in total. The van der Waals surface area contributed by atoms with E-state index in [9.17, 15) is 0 Å². The lowest BCUT2D eigenvalue weighted by molar-refractivity contribution is 0.457. The van der Waals surface area contributed by atoms with Crippen molar-refractivity contribution in [2.75, 3.05) is 18.8 Å². The lowest BCUT2D eigenvalue weighted by Crippen LogP contribution is -2.29. The molecule has 0 amide bonds. The fourth-order valence-electron chi connectivity index (χ4n) is 2.44. The molecule has 1 unspecified atom stereocenters. The first-order chi connectivity index (χ1) is 7.18. The molecular weight excluding hydrogens is 188 g/mol. The monoisotopic (exact) mass is 206 g/mol. The lowest BCUT2D eigenvalue weighted by Gasteiger charge is -2.25. The average molecular weight is 206 g/mol. The normalized spacial score (nSPS) is 21.6. The Labute approximate surface area is 90.3 Å². The summed E-state index contributed by atoms with van der Waals surface area (Å²) in [7, 11) is 0. The van der Waals surface area contributed by atoms with Gasteiger partial charge in [-0.2, -0.15) is 0 Å². The van der Waals surface area contributed by atoms with Crippen LogP contribution in [0.25, 0.3) is 0 Å². The Morgan fingerprint density at radius 2 is 1.93 bits per heavy atom. The highest BCUT2D eigenvalue weighted by molar-refractivity contribution is 5.33. The van der Waals surface area contributed by atoms with Crippen LogP contribution >= 0.6 is 0 Å². The van der Waals surface area contributed by atoms with E-state index < -0.39 is 0 Å². The fourth-order valence-corrected chi connectivity index (χ4v) is 2.44. The summed E-state index contributed by atoms with van der Waals surface area (Å²) in [4.78, 5) is 8.50. The number of aromatic nitrogens is 2. The van der Waals surface area contributed by atoms with Crippen LogP contribution in [0.3, 0.4) is 0 Å². The van der Waals surface area contributed by atoms with E-state index in [1.54, 1.807) is 0 Å². The standard InChI is InChI=1S/C11H18N4/c1-7-10(8(2)15-11(12)14-7)9-4-3-5-13-6-9/h9,13H,3-6H2,1-2H3,(H2,12,14,15). The number of nitrogens with zero attached hydrogens (tertiary/aromatic N) is 2. The van der Waals surface area contributed by atoms with Crippen molar-refractivity contribution in [3.63, 3.8) is 0 Å². The molecule has 1 aromatic rings. The third-order valence-electron chi connectivity index (χ3n) is 3.05. The molecule has 0 spiro atoms. The summed E-state index contributed by atoms with van der Waals surface area (Å²) in [5.74, 6) is 0.942. The second-order valence-corrected chi connectivity index (χ2v) is 4.21. The maximum absolute atomic E-state index is 5.62. The fraction of sp³-hybridized carbons (Fsp3) is 0.636. The highest BCUT2D eigenvalue weighted by Crippen LogP contribution is 2.27. The molecule has 82 valence electrons. The third kappa shape index (κ3) is 2.09. The van der Waals surface area contributed by atoms with Crippen LogP contribution < -0.4 is 11.1 Å². The predicted molar refractivity (Wildman–Crippen MR) is 60.8 cm³/mol. The van der Waals surface area contributed by atoms with Gasteiger partial charge in [-0.25, -0.2) is 9.97 Å². The van der Waals surface area contributed by atoms with Crippen molar-refractivity contribution in [1.82, 2.24) is 15.3 Å². The quantitative estimate of drug-likeness (QED) is 0.723. The minimum Gasteiger partial charge on any atom is -0.368 e. The van der Waals surface area contributed by atoms with Gasteiger partial charge in [0.25, 0.3) is 0 Å². The molecule has 0 radical (unpaired) electrons. The number of rotatable bonds is 1. The van der Waals surface area contributed by atoms with E-state index in [-0.39, 0.29) is 0 Å². The molecule has 4 heteroatoms. The summed E-state index contributed by atoms with van der Waals surface area (Å²) in [5, 5.41) is 3.42. The van der Waals surface area contributed by atoms with E-state index in [1.807, 2.05) is 13.8 Å². The zero-order chi connectivity index (χ0) is 10.8. The van der Waals surface area contributed by atoms with Crippen molar-refractivity contribution < 1.29 is 0 Å². The molecule has 0 aromatic carbocycles. The van der Waals surface area contributed by atoms with Gasteiger partial charge in [-0.3, -0.25) is 0 Å². The second-order valence-electron chi connectivity index (χ2n) is 4.21. The minimum absolute atomic E-state index is 0.387. The van der Waals surface area contributed by atoms with Gasteiger partial charge in [-0.1, -0.05) is 0 Å². The Hall–Kier alpha value is -1.16. The number of nitrogen functional groups attached to an aromatic ring is 1. The highest BCUT2D eigenvalue weighted by Gasteiger charge is 2.20. The number of piperidine rings is 1. The van der Waals surface area contributed by atoms with Crippen molar-refractivity contribution in [1.29, 1.82) is 0 Å². The predicted octanol–water partition coefficient (Wildman–Crippen LogP) is 1.14. The van der Waals surface area contributed by atoms with E-state index in [1.165, 1.54) is 18.4 Å². The molecule has 0 bridgehead atoms. The molecule has 1 saturated heterocycles. The number of anilines is 1. The number of aryl methyl sites for hydroxylation is 2. The van der Waals surface area contributed by atoms with Crippen LogP contribution in [0, 0.1) is 13.8 Å². The largest absolute Gasteiger partial charge is 0.368 e. The van der Waals surface area contributed by atoms with Crippen LogP contribution in [0.4, 0.5) is 5.95 Å². The van der Waals surface area contributed by atoms with Gasteiger partial charge in [0.1, 0.15) is 0 Å². The smallest absolute Gasteiger partial charge is 0.220 e. The van der Waals surface area contributed by atoms with Crippen molar-refractivity contribution in [2.45, 2.75) is 32.6 Å². The Kier molecular flexibility index (Phi) is 2.86. The highest BCUT2D eigenvalue weighted by atomic mass is 15.0. The van der Waals surface area contributed by atoms with E-state index in [2.05, 4.69) is 15.3 Å². The Morgan fingerprint density at radius 3 is 2.47 bits per heavy atom. The lowest BCUT2D eigenvalue weighted by atomic mass is 9.89. The van der Waals surface area contributed by atoms with Gasteiger partial charge in [-0.15, -0.1) is 0 Å². The van der Waals surface area contributed by atoms with Gasteiger partial charge >= 0.3 is 0 Å². The summed E-state index contributed by atoms with van der Waals surface area (Å²) in [5.41, 5.74) is 8.98. The molecule has 1 aliphatic heterocycles. The summed E-state index contributed by atoms with van der Waals surface area (Å²) in [6.45, 7) is 6.21. The van der Waals surface area contributed by atoms with Crippen LogP contribution in [0.5, 0.6) is 0 Å². The first kappa shape index (κ1) is 10.4. The second kappa shape index (κ2) is 4.14. The minimum atomic E-state index is 0.387. The van der Waals surface area contributed by atoms with Gasteiger partial charge in [0.15, 0.2) is 0 Å². The summed E-state index contributed by atoms with van der Waals surface area (Å²) in [6, 6.07) is 0. The molecule has 0 aliphatic carbocycles. The number of hydrogen-bond donors (Lipinski definition) is 2. The van der Waals surface area contributed by atoms with Crippen LogP contribution in [0.15, 0.2) is 0 Å². The molecule has 2 rings (SSSR count). The molecule has 0 saturated carbocycles. The number of hydrogen-bond acceptors (Lipinski definition) is 4. The Balaban J connectivity index is 2.33. The van der Waals surface area contributed by atoms with Crippen LogP contribution in [-0.4, -0.2) is 23.1 Å². The van der Waals surface area contributed by atoms with Gasteiger partial charge in [0.05, 0.1) is 0 Å². The Morgan fingerprint density at radius 1 is 1.27 bits per heavy atom. The maximum Gasteiger partial charge on any atom is 0.220 e.